The Morgan fingerprint density at radius 2 is 2.32 bits per heavy atom. The second kappa shape index (κ2) is 4.70. The van der Waals surface area contributed by atoms with Crippen LogP contribution in [0.2, 0.25) is 0 Å². The Balaban J connectivity index is 2.12. The molecule has 1 aliphatic rings. The van der Waals surface area contributed by atoms with Crippen LogP contribution in [0.3, 0.4) is 0 Å². The first-order chi connectivity index (χ1) is 8.80. The van der Waals surface area contributed by atoms with Crippen molar-refractivity contribution in [2.75, 3.05) is 13.1 Å². The molecule has 0 spiro atoms. The molecule has 1 aromatic heterocycles. The Kier molecular flexibility index (Phi) is 3.36. The average molecular weight is 266 g/mol. The SMILES string of the molecule is CC(C)(C)OC(=O)N1CC=CC(O)(c2ncco2)C1. The van der Waals surface area contributed by atoms with E-state index < -0.39 is 17.3 Å². The maximum Gasteiger partial charge on any atom is 0.410 e. The number of aliphatic hydroxyl groups is 1. The van der Waals surface area contributed by atoms with Crippen molar-refractivity contribution in [2.45, 2.75) is 32.0 Å². The molecular formula is C13H18N2O4. The third kappa shape index (κ3) is 3.14. The summed E-state index contributed by atoms with van der Waals surface area (Å²) < 4.78 is 10.4. The number of oxazole rings is 1. The van der Waals surface area contributed by atoms with Crippen molar-refractivity contribution < 1.29 is 19.1 Å². The van der Waals surface area contributed by atoms with Gasteiger partial charge >= 0.3 is 6.09 Å². The molecule has 0 saturated heterocycles. The smallest absolute Gasteiger partial charge is 0.410 e. The minimum atomic E-state index is -1.40. The Hall–Kier alpha value is -1.82. The summed E-state index contributed by atoms with van der Waals surface area (Å²) in [6, 6.07) is 0. The van der Waals surface area contributed by atoms with Crippen molar-refractivity contribution in [2.24, 2.45) is 0 Å². The first kappa shape index (κ1) is 13.6. The van der Waals surface area contributed by atoms with Gasteiger partial charge < -0.3 is 19.2 Å². The Labute approximate surface area is 111 Å². The summed E-state index contributed by atoms with van der Waals surface area (Å²) in [5, 5.41) is 10.5. The molecule has 6 heteroatoms. The standard InChI is InChI=1S/C13H18N2O4/c1-12(2,3)19-11(16)15-7-4-5-13(17,9-15)10-14-6-8-18-10/h4-6,8,17H,7,9H2,1-3H3. The molecule has 1 amide bonds. The van der Waals surface area contributed by atoms with Gasteiger partial charge in [0.2, 0.25) is 5.89 Å². The van der Waals surface area contributed by atoms with Gasteiger partial charge in [0.05, 0.1) is 12.7 Å². The molecule has 0 saturated carbocycles. The molecule has 1 unspecified atom stereocenters. The zero-order valence-electron chi connectivity index (χ0n) is 11.3. The number of aromatic nitrogens is 1. The maximum absolute atomic E-state index is 12.0. The number of rotatable bonds is 1. The molecule has 0 fully saturated rings. The lowest BCUT2D eigenvalue weighted by molar-refractivity contribution is -0.0120. The number of hydrogen-bond donors (Lipinski definition) is 1. The van der Waals surface area contributed by atoms with Gasteiger partial charge in [0, 0.05) is 6.54 Å². The molecule has 6 nitrogen and oxygen atoms in total. The first-order valence-electron chi connectivity index (χ1n) is 6.08. The molecule has 2 rings (SSSR count). The minimum Gasteiger partial charge on any atom is -0.446 e. The van der Waals surface area contributed by atoms with Crippen molar-refractivity contribution in [1.29, 1.82) is 0 Å². The van der Waals surface area contributed by atoms with E-state index in [1.165, 1.54) is 17.4 Å². The van der Waals surface area contributed by atoms with E-state index in [-0.39, 0.29) is 12.4 Å². The number of nitrogens with zero attached hydrogens (tertiary/aromatic N) is 2. The molecule has 0 aliphatic carbocycles. The molecule has 1 atom stereocenters. The van der Waals surface area contributed by atoms with Crippen molar-refractivity contribution in [3.05, 3.63) is 30.5 Å². The van der Waals surface area contributed by atoms with E-state index in [1.807, 2.05) is 0 Å². The van der Waals surface area contributed by atoms with Gasteiger partial charge in [-0.2, -0.15) is 0 Å². The molecule has 1 aliphatic heterocycles. The highest BCUT2D eigenvalue weighted by Gasteiger charge is 2.38. The second-order valence-corrected chi connectivity index (χ2v) is 5.52. The van der Waals surface area contributed by atoms with Crippen LogP contribution in [0.5, 0.6) is 0 Å². The fraction of sp³-hybridized carbons (Fsp3) is 0.538. The topological polar surface area (TPSA) is 75.8 Å². The van der Waals surface area contributed by atoms with E-state index in [9.17, 15) is 9.90 Å². The van der Waals surface area contributed by atoms with Crippen LogP contribution in [0.15, 0.2) is 29.0 Å². The van der Waals surface area contributed by atoms with Crippen molar-refractivity contribution in [3.8, 4) is 0 Å². The van der Waals surface area contributed by atoms with Gasteiger partial charge in [-0.1, -0.05) is 6.08 Å². The largest absolute Gasteiger partial charge is 0.446 e. The van der Waals surface area contributed by atoms with Crippen LogP contribution in [-0.2, 0) is 10.3 Å². The van der Waals surface area contributed by atoms with Gasteiger partial charge in [-0.3, -0.25) is 0 Å². The zero-order chi connectivity index (χ0) is 14.1. The highest BCUT2D eigenvalue weighted by atomic mass is 16.6. The lowest BCUT2D eigenvalue weighted by Gasteiger charge is -2.34. The van der Waals surface area contributed by atoms with E-state index in [2.05, 4.69) is 4.98 Å². The van der Waals surface area contributed by atoms with Gasteiger partial charge in [-0.15, -0.1) is 0 Å². The van der Waals surface area contributed by atoms with Crippen LogP contribution in [0, 0.1) is 0 Å². The first-order valence-corrected chi connectivity index (χ1v) is 6.08. The van der Waals surface area contributed by atoms with E-state index in [0.717, 1.165) is 0 Å². The summed E-state index contributed by atoms with van der Waals surface area (Å²) in [6.45, 7) is 5.83. The van der Waals surface area contributed by atoms with E-state index >= 15 is 0 Å². The Bertz CT molecular complexity index is 475. The van der Waals surface area contributed by atoms with Crippen LogP contribution in [0.1, 0.15) is 26.7 Å². The quantitative estimate of drug-likeness (QED) is 0.782. The number of hydrogen-bond acceptors (Lipinski definition) is 5. The highest BCUT2D eigenvalue weighted by molar-refractivity contribution is 5.68. The van der Waals surface area contributed by atoms with Gasteiger partial charge in [0.15, 0.2) is 5.60 Å². The van der Waals surface area contributed by atoms with Crippen molar-refractivity contribution in [3.63, 3.8) is 0 Å². The summed E-state index contributed by atoms with van der Waals surface area (Å²) in [5.41, 5.74) is -1.97. The van der Waals surface area contributed by atoms with Crippen LogP contribution in [-0.4, -0.2) is 39.8 Å². The monoisotopic (exact) mass is 266 g/mol. The third-order valence-electron chi connectivity index (χ3n) is 2.61. The van der Waals surface area contributed by atoms with Crippen molar-refractivity contribution in [1.82, 2.24) is 9.88 Å². The van der Waals surface area contributed by atoms with Gasteiger partial charge in [0.25, 0.3) is 0 Å². The number of amides is 1. The van der Waals surface area contributed by atoms with Crippen LogP contribution in [0.4, 0.5) is 4.79 Å². The predicted octanol–water partition coefficient (Wildman–Crippen LogP) is 1.67. The molecule has 0 bridgehead atoms. The molecular weight excluding hydrogens is 248 g/mol. The molecule has 0 aromatic carbocycles. The summed E-state index contributed by atoms with van der Waals surface area (Å²) in [7, 11) is 0. The zero-order valence-corrected chi connectivity index (χ0v) is 11.3. The molecule has 0 radical (unpaired) electrons. The van der Waals surface area contributed by atoms with E-state index in [0.29, 0.717) is 6.54 Å². The lowest BCUT2D eigenvalue weighted by atomic mass is 10.00. The fourth-order valence-corrected chi connectivity index (χ4v) is 1.82. The number of β-amino-alcohol motifs (C(OH)–C–C–N with tert-alkyl or cyclic N) is 1. The Morgan fingerprint density at radius 3 is 2.89 bits per heavy atom. The van der Waals surface area contributed by atoms with Crippen LogP contribution >= 0.6 is 0 Å². The van der Waals surface area contributed by atoms with E-state index in [4.69, 9.17) is 9.15 Å². The summed E-state index contributed by atoms with van der Waals surface area (Å²) in [4.78, 5) is 17.3. The number of carbonyl (C=O) groups is 1. The van der Waals surface area contributed by atoms with Crippen LogP contribution in [0.25, 0.3) is 0 Å². The van der Waals surface area contributed by atoms with Crippen LogP contribution < -0.4 is 0 Å². The molecule has 2 heterocycles. The summed E-state index contributed by atoms with van der Waals surface area (Å²) in [6.07, 6.45) is 5.64. The van der Waals surface area contributed by atoms with E-state index in [1.54, 1.807) is 32.9 Å². The number of carbonyl (C=O) groups excluding carboxylic acids is 1. The molecule has 19 heavy (non-hydrogen) atoms. The lowest BCUT2D eigenvalue weighted by Crippen LogP contribution is -2.47. The summed E-state index contributed by atoms with van der Waals surface area (Å²) in [5.74, 6) is 0.164. The highest BCUT2D eigenvalue weighted by Crippen LogP contribution is 2.26. The minimum absolute atomic E-state index is 0.0545. The second-order valence-electron chi connectivity index (χ2n) is 5.52. The van der Waals surface area contributed by atoms with Crippen molar-refractivity contribution >= 4 is 6.09 Å². The molecule has 1 N–H and O–H groups in total. The maximum atomic E-state index is 12.0. The molecule has 104 valence electrons. The predicted molar refractivity (Wildman–Crippen MR) is 67.3 cm³/mol. The van der Waals surface area contributed by atoms with Gasteiger partial charge in [-0.25, -0.2) is 9.78 Å². The third-order valence-corrected chi connectivity index (χ3v) is 2.61. The summed E-state index contributed by atoms with van der Waals surface area (Å²) >= 11 is 0. The Morgan fingerprint density at radius 1 is 1.58 bits per heavy atom. The van der Waals surface area contributed by atoms with Gasteiger partial charge in [-0.05, 0) is 26.8 Å². The number of ether oxygens (including phenoxy) is 1. The molecule has 1 aromatic rings. The fourth-order valence-electron chi connectivity index (χ4n) is 1.82. The normalized spacial score (nSPS) is 23.5. The average Bonchev–Trinajstić information content (AvgIpc) is 2.80. The van der Waals surface area contributed by atoms with Gasteiger partial charge in [0.1, 0.15) is 11.9 Å².